The number of aromatic nitrogens is 1. The average molecular weight is 226 g/mol. The number of anilines is 1. The van der Waals surface area contributed by atoms with Crippen molar-refractivity contribution < 1.29 is 4.79 Å². The van der Waals surface area contributed by atoms with E-state index in [-0.39, 0.29) is 5.78 Å². The lowest BCUT2D eigenvalue weighted by Gasteiger charge is -2.06. The molecule has 0 saturated heterocycles. The summed E-state index contributed by atoms with van der Waals surface area (Å²) in [5, 5.41) is 0. The van der Waals surface area contributed by atoms with Crippen LogP contribution >= 0.6 is 0 Å². The minimum atomic E-state index is -0.0151. The summed E-state index contributed by atoms with van der Waals surface area (Å²) >= 11 is 0. The van der Waals surface area contributed by atoms with E-state index in [9.17, 15) is 4.79 Å². The molecule has 0 spiro atoms. The van der Waals surface area contributed by atoms with Gasteiger partial charge in [0.25, 0.3) is 0 Å². The summed E-state index contributed by atoms with van der Waals surface area (Å²) in [6.45, 7) is 3.79. The van der Waals surface area contributed by atoms with Gasteiger partial charge in [0.2, 0.25) is 0 Å². The van der Waals surface area contributed by atoms with Crippen LogP contribution in [0.15, 0.2) is 36.7 Å². The zero-order valence-corrected chi connectivity index (χ0v) is 9.90. The lowest BCUT2D eigenvalue weighted by atomic mass is 9.99. The van der Waals surface area contributed by atoms with Gasteiger partial charge in [0.1, 0.15) is 0 Å². The standard InChI is InChI=1S/C14H14N2O/c1-9-5-6-16-8-12(9)14(17)11-3-4-13(15)10(2)7-11/h3-8H,15H2,1-2H3. The van der Waals surface area contributed by atoms with E-state index < -0.39 is 0 Å². The minimum Gasteiger partial charge on any atom is -0.399 e. The van der Waals surface area contributed by atoms with Gasteiger partial charge < -0.3 is 5.73 Å². The summed E-state index contributed by atoms with van der Waals surface area (Å²) in [4.78, 5) is 16.2. The number of aryl methyl sites for hydroxylation is 2. The van der Waals surface area contributed by atoms with Gasteiger partial charge in [-0.15, -0.1) is 0 Å². The molecule has 0 radical (unpaired) electrons. The van der Waals surface area contributed by atoms with Crippen LogP contribution in [0.1, 0.15) is 27.0 Å². The molecule has 17 heavy (non-hydrogen) atoms. The van der Waals surface area contributed by atoms with Crippen molar-refractivity contribution in [1.82, 2.24) is 4.98 Å². The molecule has 1 aromatic carbocycles. The van der Waals surface area contributed by atoms with Crippen molar-refractivity contribution in [3.63, 3.8) is 0 Å². The highest BCUT2D eigenvalue weighted by Gasteiger charge is 2.12. The predicted octanol–water partition coefficient (Wildman–Crippen LogP) is 2.51. The van der Waals surface area contributed by atoms with Crippen LogP contribution in [0.5, 0.6) is 0 Å². The highest BCUT2D eigenvalue weighted by Crippen LogP contribution is 2.17. The first kappa shape index (κ1) is 11.3. The largest absolute Gasteiger partial charge is 0.399 e. The quantitative estimate of drug-likeness (QED) is 0.632. The molecule has 2 aromatic rings. The smallest absolute Gasteiger partial charge is 0.194 e. The molecular weight excluding hydrogens is 212 g/mol. The molecule has 3 nitrogen and oxygen atoms in total. The number of ketones is 1. The number of pyridine rings is 1. The normalized spacial score (nSPS) is 10.2. The third-order valence-corrected chi connectivity index (χ3v) is 2.82. The molecular formula is C14H14N2O. The fourth-order valence-electron chi connectivity index (χ4n) is 1.67. The van der Waals surface area contributed by atoms with E-state index in [2.05, 4.69) is 4.98 Å². The zero-order valence-electron chi connectivity index (χ0n) is 9.90. The first-order valence-corrected chi connectivity index (χ1v) is 5.41. The maximum absolute atomic E-state index is 12.2. The van der Waals surface area contributed by atoms with Gasteiger partial charge >= 0.3 is 0 Å². The Hall–Kier alpha value is -2.16. The number of carbonyl (C=O) groups is 1. The van der Waals surface area contributed by atoms with Crippen molar-refractivity contribution >= 4 is 11.5 Å². The molecule has 3 heteroatoms. The fourth-order valence-corrected chi connectivity index (χ4v) is 1.67. The van der Waals surface area contributed by atoms with Crippen molar-refractivity contribution in [2.45, 2.75) is 13.8 Å². The van der Waals surface area contributed by atoms with Crippen LogP contribution in [0.2, 0.25) is 0 Å². The Labute approximate surface area is 100 Å². The molecule has 1 aromatic heterocycles. The van der Waals surface area contributed by atoms with Crippen LogP contribution in [0.25, 0.3) is 0 Å². The molecule has 0 fully saturated rings. The summed E-state index contributed by atoms with van der Waals surface area (Å²) < 4.78 is 0. The molecule has 0 aliphatic carbocycles. The molecule has 0 saturated carbocycles. The number of carbonyl (C=O) groups excluding carboxylic acids is 1. The molecule has 0 aliphatic heterocycles. The molecule has 0 atom stereocenters. The van der Waals surface area contributed by atoms with Gasteiger partial charge in [-0.25, -0.2) is 0 Å². The lowest BCUT2D eigenvalue weighted by molar-refractivity contribution is 0.103. The molecule has 0 unspecified atom stereocenters. The number of rotatable bonds is 2. The van der Waals surface area contributed by atoms with E-state index >= 15 is 0 Å². The second-order valence-corrected chi connectivity index (χ2v) is 4.09. The number of hydrogen-bond donors (Lipinski definition) is 1. The highest BCUT2D eigenvalue weighted by atomic mass is 16.1. The highest BCUT2D eigenvalue weighted by molar-refractivity contribution is 6.09. The van der Waals surface area contributed by atoms with Gasteiger partial charge in [-0.1, -0.05) is 0 Å². The number of benzene rings is 1. The van der Waals surface area contributed by atoms with Crippen molar-refractivity contribution in [1.29, 1.82) is 0 Å². The topological polar surface area (TPSA) is 56.0 Å². The van der Waals surface area contributed by atoms with Crippen molar-refractivity contribution in [3.05, 3.63) is 58.9 Å². The molecule has 86 valence electrons. The Kier molecular flexibility index (Phi) is 2.91. The van der Waals surface area contributed by atoms with Crippen molar-refractivity contribution in [2.75, 3.05) is 5.73 Å². The van der Waals surface area contributed by atoms with Crippen LogP contribution in [-0.2, 0) is 0 Å². The average Bonchev–Trinajstić information content (AvgIpc) is 2.32. The number of nitrogens with two attached hydrogens (primary N) is 1. The first-order chi connectivity index (χ1) is 8.09. The van der Waals surface area contributed by atoms with Gasteiger partial charge in [-0.2, -0.15) is 0 Å². The van der Waals surface area contributed by atoms with Crippen LogP contribution in [0.4, 0.5) is 5.69 Å². The minimum absolute atomic E-state index is 0.0151. The SMILES string of the molecule is Cc1cc(C(=O)c2cnccc2C)ccc1N. The van der Waals surface area contributed by atoms with Gasteiger partial charge in [0.15, 0.2) is 5.78 Å². The molecule has 2 rings (SSSR count). The molecule has 2 N–H and O–H groups in total. The van der Waals surface area contributed by atoms with Gasteiger partial charge in [0, 0.05) is 29.2 Å². The van der Waals surface area contributed by atoms with Crippen LogP contribution < -0.4 is 5.73 Å². The molecule has 1 heterocycles. The summed E-state index contributed by atoms with van der Waals surface area (Å²) in [5.41, 5.74) is 9.56. The Morgan fingerprint density at radius 1 is 1.18 bits per heavy atom. The van der Waals surface area contributed by atoms with Gasteiger partial charge in [-0.3, -0.25) is 9.78 Å². The summed E-state index contributed by atoms with van der Waals surface area (Å²) in [7, 11) is 0. The lowest BCUT2D eigenvalue weighted by Crippen LogP contribution is -2.05. The van der Waals surface area contributed by atoms with E-state index in [1.165, 1.54) is 0 Å². The van der Waals surface area contributed by atoms with Crippen molar-refractivity contribution in [2.24, 2.45) is 0 Å². The number of hydrogen-bond acceptors (Lipinski definition) is 3. The first-order valence-electron chi connectivity index (χ1n) is 5.41. The van der Waals surface area contributed by atoms with Crippen LogP contribution in [-0.4, -0.2) is 10.8 Å². The maximum Gasteiger partial charge on any atom is 0.194 e. The Bertz CT molecular complexity index is 576. The van der Waals surface area contributed by atoms with Gasteiger partial charge in [-0.05, 0) is 49.2 Å². The van der Waals surface area contributed by atoms with E-state index in [1.54, 1.807) is 24.5 Å². The summed E-state index contributed by atoms with van der Waals surface area (Å²) in [5.74, 6) is -0.0151. The Morgan fingerprint density at radius 2 is 1.94 bits per heavy atom. The molecule has 0 aliphatic rings. The molecule has 0 bridgehead atoms. The van der Waals surface area contributed by atoms with Crippen molar-refractivity contribution in [3.8, 4) is 0 Å². The van der Waals surface area contributed by atoms with E-state index in [1.807, 2.05) is 26.0 Å². The van der Waals surface area contributed by atoms with Gasteiger partial charge in [0.05, 0.1) is 0 Å². The third kappa shape index (κ3) is 2.18. The third-order valence-electron chi connectivity index (χ3n) is 2.82. The maximum atomic E-state index is 12.2. The number of nitrogens with zero attached hydrogens (tertiary/aromatic N) is 1. The van der Waals surface area contributed by atoms with E-state index in [4.69, 9.17) is 5.73 Å². The van der Waals surface area contributed by atoms with Crippen LogP contribution in [0.3, 0.4) is 0 Å². The monoisotopic (exact) mass is 226 g/mol. The van der Waals surface area contributed by atoms with E-state index in [0.717, 1.165) is 11.1 Å². The Morgan fingerprint density at radius 3 is 2.59 bits per heavy atom. The summed E-state index contributed by atoms with van der Waals surface area (Å²) in [6, 6.07) is 7.15. The molecule has 0 amide bonds. The fraction of sp³-hybridized carbons (Fsp3) is 0.143. The second-order valence-electron chi connectivity index (χ2n) is 4.09. The van der Waals surface area contributed by atoms with Crippen LogP contribution in [0, 0.1) is 13.8 Å². The second kappa shape index (κ2) is 4.37. The number of nitrogen functional groups attached to an aromatic ring is 1. The Balaban J connectivity index is 2.44. The predicted molar refractivity (Wildman–Crippen MR) is 68.0 cm³/mol. The summed E-state index contributed by atoms with van der Waals surface area (Å²) in [6.07, 6.45) is 3.28. The van der Waals surface area contributed by atoms with E-state index in [0.29, 0.717) is 16.8 Å². The zero-order chi connectivity index (χ0) is 12.4.